The van der Waals surface area contributed by atoms with Gasteiger partial charge in [0.15, 0.2) is 0 Å². The maximum Gasteiger partial charge on any atom is 0.317 e. The SMILES string of the molecule is N[C@@H]1CCCc2ccc(OCCN3CCNC3=O)cc21. The zero-order chi connectivity index (χ0) is 13.9. The molecule has 1 aromatic carbocycles. The molecule has 1 atom stereocenters. The van der Waals surface area contributed by atoms with E-state index in [1.807, 2.05) is 6.07 Å². The second-order valence-electron chi connectivity index (χ2n) is 5.43. The van der Waals surface area contributed by atoms with E-state index in [4.69, 9.17) is 10.5 Å². The van der Waals surface area contributed by atoms with Gasteiger partial charge in [-0.2, -0.15) is 0 Å². The average Bonchev–Trinajstić information content (AvgIpc) is 2.85. The Balaban J connectivity index is 1.58. The number of nitrogens with two attached hydrogens (primary N) is 1. The molecule has 0 bridgehead atoms. The van der Waals surface area contributed by atoms with E-state index in [1.165, 1.54) is 17.5 Å². The van der Waals surface area contributed by atoms with Crippen LogP contribution in [0.4, 0.5) is 4.79 Å². The molecule has 1 heterocycles. The summed E-state index contributed by atoms with van der Waals surface area (Å²) in [4.78, 5) is 13.2. The number of carbonyl (C=O) groups is 1. The molecular formula is C15H21N3O2. The number of nitrogens with one attached hydrogen (secondary N) is 1. The maximum absolute atomic E-state index is 11.4. The second-order valence-corrected chi connectivity index (χ2v) is 5.43. The maximum atomic E-state index is 11.4. The highest BCUT2D eigenvalue weighted by Crippen LogP contribution is 2.30. The number of nitrogens with zero attached hydrogens (tertiary/aromatic N) is 1. The third-order valence-electron chi connectivity index (χ3n) is 4.05. The van der Waals surface area contributed by atoms with Crippen molar-refractivity contribution in [1.82, 2.24) is 10.2 Å². The molecular weight excluding hydrogens is 254 g/mol. The van der Waals surface area contributed by atoms with Gasteiger partial charge in [0.1, 0.15) is 12.4 Å². The minimum absolute atomic E-state index is 0.000984. The highest BCUT2D eigenvalue weighted by molar-refractivity contribution is 5.76. The van der Waals surface area contributed by atoms with E-state index in [0.29, 0.717) is 13.2 Å². The Kier molecular flexibility index (Phi) is 3.78. The molecule has 1 aromatic rings. The van der Waals surface area contributed by atoms with Crippen molar-refractivity contribution in [2.45, 2.75) is 25.3 Å². The Hall–Kier alpha value is -1.75. The molecule has 5 nitrogen and oxygen atoms in total. The standard InChI is InChI=1S/C15H21N3O2/c16-14-3-1-2-11-4-5-12(10-13(11)14)20-9-8-18-7-6-17-15(18)19/h4-5,10,14H,1-3,6-9,16H2,(H,17,19)/t14-/m1/s1. The van der Waals surface area contributed by atoms with Gasteiger partial charge in [-0.1, -0.05) is 6.07 Å². The Morgan fingerprint density at radius 1 is 1.45 bits per heavy atom. The van der Waals surface area contributed by atoms with Crippen LogP contribution in [0.25, 0.3) is 0 Å². The smallest absolute Gasteiger partial charge is 0.317 e. The van der Waals surface area contributed by atoms with Gasteiger partial charge in [-0.15, -0.1) is 0 Å². The minimum Gasteiger partial charge on any atom is -0.492 e. The van der Waals surface area contributed by atoms with Gasteiger partial charge in [0.25, 0.3) is 0 Å². The first-order valence-corrected chi connectivity index (χ1v) is 7.28. The molecule has 1 saturated heterocycles. The number of hydrogen-bond donors (Lipinski definition) is 2. The van der Waals surface area contributed by atoms with Gasteiger partial charge in [0, 0.05) is 19.1 Å². The van der Waals surface area contributed by atoms with Crippen LogP contribution in [0.2, 0.25) is 0 Å². The van der Waals surface area contributed by atoms with Crippen molar-refractivity contribution in [3.8, 4) is 5.75 Å². The van der Waals surface area contributed by atoms with Crippen LogP contribution in [0.15, 0.2) is 18.2 Å². The van der Waals surface area contributed by atoms with Crippen LogP contribution in [-0.4, -0.2) is 37.2 Å². The van der Waals surface area contributed by atoms with E-state index in [-0.39, 0.29) is 12.1 Å². The predicted molar refractivity (Wildman–Crippen MR) is 76.8 cm³/mol. The van der Waals surface area contributed by atoms with Crippen LogP contribution in [-0.2, 0) is 6.42 Å². The van der Waals surface area contributed by atoms with Crippen molar-refractivity contribution in [1.29, 1.82) is 0 Å². The molecule has 1 aliphatic carbocycles. The monoisotopic (exact) mass is 275 g/mol. The number of rotatable bonds is 4. The molecule has 1 aliphatic heterocycles. The number of ether oxygens (including phenoxy) is 1. The van der Waals surface area contributed by atoms with Crippen LogP contribution in [0.1, 0.15) is 30.0 Å². The van der Waals surface area contributed by atoms with Gasteiger partial charge < -0.3 is 20.7 Å². The Labute approximate surface area is 119 Å². The molecule has 0 spiro atoms. The van der Waals surface area contributed by atoms with Crippen molar-refractivity contribution in [2.75, 3.05) is 26.2 Å². The third kappa shape index (κ3) is 2.72. The summed E-state index contributed by atoms with van der Waals surface area (Å²) in [5, 5.41) is 2.78. The summed E-state index contributed by atoms with van der Waals surface area (Å²) in [7, 11) is 0. The van der Waals surface area contributed by atoms with Crippen molar-refractivity contribution in [2.24, 2.45) is 5.73 Å². The molecule has 2 aliphatic rings. The lowest BCUT2D eigenvalue weighted by atomic mass is 9.88. The number of benzene rings is 1. The number of fused-ring (bicyclic) bond motifs is 1. The second kappa shape index (κ2) is 5.71. The minimum atomic E-state index is 0.000984. The number of hydrogen-bond acceptors (Lipinski definition) is 3. The van der Waals surface area contributed by atoms with E-state index in [0.717, 1.165) is 31.7 Å². The van der Waals surface area contributed by atoms with Gasteiger partial charge in [-0.3, -0.25) is 0 Å². The Morgan fingerprint density at radius 3 is 3.15 bits per heavy atom. The molecule has 0 radical (unpaired) electrons. The molecule has 0 saturated carbocycles. The van der Waals surface area contributed by atoms with E-state index in [2.05, 4.69) is 17.4 Å². The first-order chi connectivity index (χ1) is 9.74. The van der Waals surface area contributed by atoms with Crippen molar-refractivity contribution >= 4 is 6.03 Å². The van der Waals surface area contributed by atoms with Crippen LogP contribution in [0.3, 0.4) is 0 Å². The summed E-state index contributed by atoms with van der Waals surface area (Å²) in [6, 6.07) is 6.31. The molecule has 20 heavy (non-hydrogen) atoms. The van der Waals surface area contributed by atoms with Crippen molar-refractivity contribution < 1.29 is 9.53 Å². The topological polar surface area (TPSA) is 67.6 Å². The van der Waals surface area contributed by atoms with Gasteiger partial charge in [-0.25, -0.2) is 4.79 Å². The number of aryl methyl sites for hydroxylation is 1. The summed E-state index contributed by atoms with van der Waals surface area (Å²) in [5.41, 5.74) is 8.70. The molecule has 0 unspecified atom stereocenters. The van der Waals surface area contributed by atoms with Gasteiger partial charge >= 0.3 is 6.03 Å². The van der Waals surface area contributed by atoms with Gasteiger partial charge in [0.05, 0.1) is 6.54 Å². The lowest BCUT2D eigenvalue weighted by Crippen LogP contribution is -2.31. The number of carbonyl (C=O) groups excluding carboxylic acids is 1. The number of amides is 2. The molecule has 1 fully saturated rings. The summed E-state index contributed by atoms with van der Waals surface area (Å²) < 4.78 is 5.75. The van der Waals surface area contributed by atoms with Crippen molar-refractivity contribution in [3.05, 3.63) is 29.3 Å². The fourth-order valence-corrected chi connectivity index (χ4v) is 2.90. The van der Waals surface area contributed by atoms with E-state index in [9.17, 15) is 4.79 Å². The lowest BCUT2D eigenvalue weighted by molar-refractivity contribution is 0.202. The zero-order valence-corrected chi connectivity index (χ0v) is 11.6. The molecule has 5 heteroatoms. The quantitative estimate of drug-likeness (QED) is 0.873. The van der Waals surface area contributed by atoms with Crippen LogP contribution in [0.5, 0.6) is 5.75 Å². The number of urea groups is 1. The summed E-state index contributed by atoms with van der Waals surface area (Å²) in [6.45, 7) is 2.63. The molecule has 3 N–H and O–H groups in total. The Bertz CT molecular complexity index is 504. The molecule has 3 rings (SSSR count). The fraction of sp³-hybridized carbons (Fsp3) is 0.533. The van der Waals surface area contributed by atoms with E-state index in [1.54, 1.807) is 4.90 Å². The van der Waals surface area contributed by atoms with E-state index >= 15 is 0 Å². The first-order valence-electron chi connectivity index (χ1n) is 7.28. The molecule has 108 valence electrons. The average molecular weight is 275 g/mol. The van der Waals surface area contributed by atoms with Crippen LogP contribution in [0, 0.1) is 0 Å². The molecule has 2 amide bonds. The highest BCUT2D eigenvalue weighted by Gasteiger charge is 2.19. The lowest BCUT2D eigenvalue weighted by Gasteiger charge is -2.23. The van der Waals surface area contributed by atoms with Gasteiger partial charge in [-0.05, 0) is 42.5 Å². The first kappa shape index (κ1) is 13.2. The highest BCUT2D eigenvalue weighted by atomic mass is 16.5. The largest absolute Gasteiger partial charge is 0.492 e. The zero-order valence-electron chi connectivity index (χ0n) is 11.6. The predicted octanol–water partition coefficient (Wildman–Crippen LogP) is 1.43. The van der Waals surface area contributed by atoms with E-state index < -0.39 is 0 Å². The van der Waals surface area contributed by atoms with Crippen LogP contribution >= 0.6 is 0 Å². The summed E-state index contributed by atoms with van der Waals surface area (Å²) >= 11 is 0. The third-order valence-corrected chi connectivity index (χ3v) is 4.05. The summed E-state index contributed by atoms with van der Waals surface area (Å²) in [5.74, 6) is 0.848. The van der Waals surface area contributed by atoms with Gasteiger partial charge in [0.2, 0.25) is 0 Å². The summed E-state index contributed by atoms with van der Waals surface area (Å²) in [6.07, 6.45) is 3.32. The fourth-order valence-electron chi connectivity index (χ4n) is 2.90. The normalized spacial score (nSPS) is 21.6. The van der Waals surface area contributed by atoms with Crippen LogP contribution < -0.4 is 15.8 Å². The Morgan fingerprint density at radius 2 is 2.35 bits per heavy atom. The molecule has 0 aromatic heterocycles. The van der Waals surface area contributed by atoms with Crippen molar-refractivity contribution in [3.63, 3.8) is 0 Å².